The van der Waals surface area contributed by atoms with Crippen molar-refractivity contribution in [2.24, 2.45) is 11.3 Å². The van der Waals surface area contributed by atoms with Crippen molar-refractivity contribution in [3.8, 4) is 0 Å². The van der Waals surface area contributed by atoms with Crippen molar-refractivity contribution in [3.63, 3.8) is 0 Å². The maximum absolute atomic E-state index is 11.9. The van der Waals surface area contributed by atoms with Crippen LogP contribution in [0.1, 0.15) is 50.7 Å². The molecule has 0 aromatic carbocycles. The van der Waals surface area contributed by atoms with Gasteiger partial charge in [-0.25, -0.2) is 0 Å². The van der Waals surface area contributed by atoms with Crippen LogP contribution < -0.4 is 0 Å². The van der Waals surface area contributed by atoms with Crippen LogP contribution in [0.2, 0.25) is 0 Å². The van der Waals surface area contributed by atoms with E-state index in [1.807, 2.05) is 20.2 Å². The lowest BCUT2D eigenvalue weighted by Gasteiger charge is -2.46. The Bertz CT molecular complexity index is 491. The van der Waals surface area contributed by atoms with Crippen LogP contribution in [0.25, 0.3) is 0 Å². The number of carbonyl (C=O) groups is 1. The average Bonchev–Trinajstić information content (AvgIpc) is 3.05. The summed E-state index contributed by atoms with van der Waals surface area (Å²) >= 11 is 0. The molecule has 0 N–H and O–H groups in total. The van der Waals surface area contributed by atoms with Crippen molar-refractivity contribution in [2.45, 2.75) is 51.5 Å². The highest BCUT2D eigenvalue weighted by atomic mass is 16.3. The summed E-state index contributed by atoms with van der Waals surface area (Å²) in [6.45, 7) is 3.31. The molecule has 4 heteroatoms. The average molecular weight is 318 g/mol. The molecular weight excluding hydrogens is 288 g/mol. The minimum atomic E-state index is 0.291. The Morgan fingerprint density at radius 2 is 1.96 bits per heavy atom. The molecule has 1 saturated carbocycles. The van der Waals surface area contributed by atoms with Gasteiger partial charge in [-0.1, -0.05) is 0 Å². The second-order valence-corrected chi connectivity index (χ2v) is 7.79. The molecule has 1 aliphatic heterocycles. The molecule has 128 valence electrons. The van der Waals surface area contributed by atoms with E-state index in [1.54, 1.807) is 11.2 Å². The van der Waals surface area contributed by atoms with Gasteiger partial charge in [-0.05, 0) is 75.1 Å². The van der Waals surface area contributed by atoms with Gasteiger partial charge >= 0.3 is 0 Å². The SMILES string of the molecule is CN(C)C(=O)CC1CCC2(CC1)CCN(Cc1ccco1)CC2. The van der Waals surface area contributed by atoms with E-state index in [1.165, 1.54) is 51.6 Å². The van der Waals surface area contributed by atoms with E-state index >= 15 is 0 Å². The summed E-state index contributed by atoms with van der Waals surface area (Å²) < 4.78 is 5.47. The van der Waals surface area contributed by atoms with Gasteiger partial charge in [0.15, 0.2) is 0 Å². The number of hydrogen-bond acceptors (Lipinski definition) is 3. The molecule has 0 unspecified atom stereocenters. The summed E-state index contributed by atoms with van der Waals surface area (Å²) in [4.78, 5) is 16.1. The largest absolute Gasteiger partial charge is 0.468 e. The van der Waals surface area contributed by atoms with Crippen LogP contribution in [0.3, 0.4) is 0 Å². The molecule has 0 bridgehead atoms. The molecule has 0 radical (unpaired) electrons. The van der Waals surface area contributed by atoms with Crippen LogP contribution >= 0.6 is 0 Å². The van der Waals surface area contributed by atoms with Crippen molar-refractivity contribution >= 4 is 5.91 Å². The molecule has 1 spiro atoms. The maximum Gasteiger partial charge on any atom is 0.222 e. The minimum absolute atomic E-state index is 0.291. The second kappa shape index (κ2) is 7.08. The molecule has 23 heavy (non-hydrogen) atoms. The molecule has 3 rings (SSSR count). The van der Waals surface area contributed by atoms with E-state index < -0.39 is 0 Å². The molecule has 1 amide bonds. The first-order valence-electron chi connectivity index (χ1n) is 9.01. The van der Waals surface area contributed by atoms with E-state index in [2.05, 4.69) is 11.0 Å². The number of likely N-dealkylation sites (tertiary alicyclic amines) is 1. The molecular formula is C19H30N2O2. The van der Waals surface area contributed by atoms with Crippen molar-refractivity contribution < 1.29 is 9.21 Å². The number of furan rings is 1. The highest BCUT2D eigenvalue weighted by molar-refractivity contribution is 5.75. The van der Waals surface area contributed by atoms with Gasteiger partial charge in [0.05, 0.1) is 12.8 Å². The Kier molecular flexibility index (Phi) is 5.10. The van der Waals surface area contributed by atoms with Gasteiger partial charge in [-0.15, -0.1) is 0 Å². The number of rotatable bonds is 4. The van der Waals surface area contributed by atoms with Crippen molar-refractivity contribution in [3.05, 3.63) is 24.2 Å². The Hall–Kier alpha value is -1.29. The van der Waals surface area contributed by atoms with Gasteiger partial charge in [0.25, 0.3) is 0 Å². The predicted octanol–water partition coefficient (Wildman–Crippen LogP) is 3.53. The van der Waals surface area contributed by atoms with Crippen LogP contribution in [0.4, 0.5) is 0 Å². The Labute approximate surface area is 139 Å². The zero-order chi connectivity index (χ0) is 16.3. The Morgan fingerprint density at radius 1 is 1.26 bits per heavy atom. The topological polar surface area (TPSA) is 36.7 Å². The lowest BCUT2D eigenvalue weighted by atomic mass is 9.65. The third kappa shape index (κ3) is 4.17. The predicted molar refractivity (Wildman–Crippen MR) is 90.9 cm³/mol. The van der Waals surface area contributed by atoms with Crippen LogP contribution in [-0.4, -0.2) is 42.9 Å². The van der Waals surface area contributed by atoms with Gasteiger partial charge in [0.1, 0.15) is 5.76 Å². The maximum atomic E-state index is 11.9. The summed E-state index contributed by atoms with van der Waals surface area (Å²) in [5.74, 6) is 1.97. The van der Waals surface area contributed by atoms with Crippen molar-refractivity contribution in [2.75, 3.05) is 27.2 Å². The van der Waals surface area contributed by atoms with Gasteiger partial charge in [-0.2, -0.15) is 0 Å². The lowest BCUT2D eigenvalue weighted by Crippen LogP contribution is -2.41. The molecule has 2 fully saturated rings. The van der Waals surface area contributed by atoms with E-state index in [-0.39, 0.29) is 0 Å². The van der Waals surface area contributed by atoms with E-state index in [4.69, 9.17) is 4.42 Å². The summed E-state index contributed by atoms with van der Waals surface area (Å²) in [6.07, 6.45) is 10.2. The Morgan fingerprint density at radius 3 is 2.52 bits per heavy atom. The second-order valence-electron chi connectivity index (χ2n) is 7.79. The molecule has 2 aliphatic rings. The Balaban J connectivity index is 1.44. The summed E-state index contributed by atoms with van der Waals surface area (Å²) in [5, 5.41) is 0. The first kappa shape index (κ1) is 16.6. The summed E-state index contributed by atoms with van der Waals surface area (Å²) in [7, 11) is 3.72. The van der Waals surface area contributed by atoms with Crippen molar-refractivity contribution in [1.29, 1.82) is 0 Å². The number of amides is 1. The normalized spacial score (nSPS) is 22.3. The van der Waals surface area contributed by atoms with Crippen LogP contribution in [-0.2, 0) is 11.3 Å². The van der Waals surface area contributed by atoms with Crippen molar-refractivity contribution in [1.82, 2.24) is 9.80 Å². The number of hydrogen-bond donors (Lipinski definition) is 0. The van der Waals surface area contributed by atoms with Gasteiger partial charge < -0.3 is 9.32 Å². The van der Waals surface area contributed by atoms with E-state index in [9.17, 15) is 4.79 Å². The van der Waals surface area contributed by atoms with Gasteiger partial charge in [-0.3, -0.25) is 9.69 Å². The van der Waals surface area contributed by atoms with Crippen LogP contribution in [0.5, 0.6) is 0 Å². The monoisotopic (exact) mass is 318 g/mol. The highest BCUT2D eigenvalue weighted by Gasteiger charge is 2.38. The third-order valence-corrected chi connectivity index (χ3v) is 6.00. The van der Waals surface area contributed by atoms with Crippen LogP contribution in [0.15, 0.2) is 22.8 Å². The quantitative estimate of drug-likeness (QED) is 0.852. The summed E-state index contributed by atoms with van der Waals surface area (Å²) in [5.41, 5.74) is 0.553. The minimum Gasteiger partial charge on any atom is -0.468 e. The molecule has 1 aliphatic carbocycles. The third-order valence-electron chi connectivity index (χ3n) is 6.00. The molecule has 1 aromatic heterocycles. The standard InChI is InChI=1S/C19H30N2O2/c1-20(2)18(22)14-16-5-7-19(8-6-16)9-11-21(12-10-19)15-17-4-3-13-23-17/h3-4,13,16H,5-12,14-15H2,1-2H3. The number of carbonyl (C=O) groups excluding carboxylic acids is 1. The zero-order valence-corrected chi connectivity index (χ0v) is 14.6. The first-order chi connectivity index (χ1) is 11.1. The fourth-order valence-electron chi connectivity index (χ4n) is 4.23. The molecule has 1 aromatic rings. The molecule has 1 saturated heterocycles. The first-order valence-corrected chi connectivity index (χ1v) is 9.01. The fourth-order valence-corrected chi connectivity index (χ4v) is 4.23. The number of piperidine rings is 1. The highest BCUT2D eigenvalue weighted by Crippen LogP contribution is 2.47. The zero-order valence-electron chi connectivity index (χ0n) is 14.6. The lowest BCUT2D eigenvalue weighted by molar-refractivity contribution is -0.130. The van der Waals surface area contributed by atoms with Crippen LogP contribution in [0, 0.1) is 11.3 Å². The van der Waals surface area contributed by atoms with E-state index in [0.717, 1.165) is 18.7 Å². The van der Waals surface area contributed by atoms with E-state index in [0.29, 0.717) is 17.2 Å². The van der Waals surface area contributed by atoms with Gasteiger partial charge in [0, 0.05) is 20.5 Å². The van der Waals surface area contributed by atoms with Gasteiger partial charge in [0.2, 0.25) is 5.91 Å². The molecule has 4 nitrogen and oxygen atoms in total. The fraction of sp³-hybridized carbons (Fsp3) is 0.737. The molecule has 2 heterocycles. The smallest absolute Gasteiger partial charge is 0.222 e. The summed E-state index contributed by atoms with van der Waals surface area (Å²) in [6, 6.07) is 4.04. The molecule has 0 atom stereocenters. The number of nitrogens with zero attached hydrogens (tertiary/aromatic N) is 2.